The van der Waals surface area contributed by atoms with Gasteiger partial charge in [-0.15, -0.1) is 0 Å². The number of methoxy groups -OCH3 is 1. The molecule has 6 nitrogen and oxygen atoms in total. The van der Waals surface area contributed by atoms with Gasteiger partial charge < -0.3 is 20.5 Å². The van der Waals surface area contributed by atoms with E-state index in [1.54, 1.807) is 0 Å². The fourth-order valence-electron chi connectivity index (χ4n) is 3.25. The van der Waals surface area contributed by atoms with E-state index in [0.717, 1.165) is 49.1 Å². The van der Waals surface area contributed by atoms with Gasteiger partial charge in [-0.2, -0.15) is 0 Å². The number of rotatable bonds is 14. The zero-order valence-electron chi connectivity index (χ0n) is 18.3. The van der Waals surface area contributed by atoms with Crippen molar-refractivity contribution in [1.29, 1.82) is 0 Å². The second-order valence-corrected chi connectivity index (χ2v) is 7.53. The highest BCUT2D eigenvalue weighted by Gasteiger charge is 2.22. The van der Waals surface area contributed by atoms with Crippen LogP contribution in [-0.2, 0) is 27.2 Å². The molecule has 2 aromatic rings. The number of unbranched alkanes of at least 4 members (excludes halogenated alkanes) is 3. The number of hydrogen-bond acceptors (Lipinski definition) is 5. The van der Waals surface area contributed by atoms with Crippen LogP contribution in [0.1, 0.15) is 43.2 Å². The van der Waals surface area contributed by atoms with Crippen molar-refractivity contribution in [2.45, 2.75) is 51.0 Å². The van der Waals surface area contributed by atoms with E-state index in [9.17, 15) is 9.59 Å². The average Bonchev–Trinajstić information content (AvgIpc) is 2.80. The highest BCUT2D eigenvalue weighted by atomic mass is 16.5. The van der Waals surface area contributed by atoms with Gasteiger partial charge in [0.05, 0.1) is 13.7 Å². The van der Waals surface area contributed by atoms with Crippen LogP contribution in [0.15, 0.2) is 54.6 Å². The molecule has 1 atom stereocenters. The molecule has 0 fully saturated rings. The van der Waals surface area contributed by atoms with Crippen molar-refractivity contribution in [3.05, 3.63) is 65.7 Å². The molecule has 0 bridgehead atoms. The zero-order chi connectivity index (χ0) is 22.3. The molecule has 2 aromatic carbocycles. The summed E-state index contributed by atoms with van der Waals surface area (Å²) in [6.45, 7) is 1.41. The summed E-state index contributed by atoms with van der Waals surface area (Å²) in [6.07, 6.45) is 5.60. The van der Waals surface area contributed by atoms with Gasteiger partial charge in [-0.1, -0.05) is 55.3 Å². The van der Waals surface area contributed by atoms with E-state index in [0.29, 0.717) is 25.9 Å². The first-order valence-electron chi connectivity index (χ1n) is 10.9. The highest BCUT2D eigenvalue weighted by Crippen LogP contribution is 2.15. The molecule has 0 saturated heterocycles. The van der Waals surface area contributed by atoms with E-state index in [1.165, 1.54) is 7.11 Å². The molecule has 168 valence electrons. The molecule has 0 radical (unpaired) electrons. The summed E-state index contributed by atoms with van der Waals surface area (Å²) in [5.74, 6) is 0.170. The third kappa shape index (κ3) is 9.66. The summed E-state index contributed by atoms with van der Waals surface area (Å²) >= 11 is 0. The molecular formula is C25H34N2O4. The largest absolute Gasteiger partial charge is 0.494 e. The number of carbonyl (C=O) groups is 2. The van der Waals surface area contributed by atoms with Crippen LogP contribution in [-0.4, -0.2) is 38.2 Å². The van der Waals surface area contributed by atoms with Gasteiger partial charge in [0.25, 0.3) is 0 Å². The van der Waals surface area contributed by atoms with Crippen molar-refractivity contribution in [2.75, 3.05) is 20.3 Å². The van der Waals surface area contributed by atoms with E-state index >= 15 is 0 Å². The Bertz CT molecular complexity index is 778. The first-order valence-corrected chi connectivity index (χ1v) is 10.9. The predicted molar refractivity (Wildman–Crippen MR) is 122 cm³/mol. The average molecular weight is 427 g/mol. The third-order valence-corrected chi connectivity index (χ3v) is 5.03. The van der Waals surface area contributed by atoms with E-state index in [2.05, 4.69) is 5.32 Å². The van der Waals surface area contributed by atoms with Gasteiger partial charge in [-0.3, -0.25) is 4.79 Å². The molecule has 2 rings (SSSR count). The third-order valence-electron chi connectivity index (χ3n) is 5.03. The lowest BCUT2D eigenvalue weighted by Crippen LogP contribution is -2.43. The summed E-state index contributed by atoms with van der Waals surface area (Å²) in [7, 11) is 1.33. The van der Waals surface area contributed by atoms with E-state index < -0.39 is 12.0 Å². The van der Waals surface area contributed by atoms with Crippen LogP contribution >= 0.6 is 0 Å². The minimum absolute atomic E-state index is 0.172. The predicted octanol–water partition coefficient (Wildman–Crippen LogP) is 3.42. The first-order chi connectivity index (χ1) is 15.1. The lowest BCUT2D eigenvalue weighted by atomic mass is 10.0. The molecule has 0 unspecified atom stereocenters. The Hall–Kier alpha value is -2.86. The van der Waals surface area contributed by atoms with Crippen molar-refractivity contribution in [3.8, 4) is 5.75 Å². The molecule has 0 aliphatic rings. The Morgan fingerprint density at radius 1 is 0.935 bits per heavy atom. The highest BCUT2D eigenvalue weighted by molar-refractivity contribution is 5.84. The monoisotopic (exact) mass is 426 g/mol. The molecule has 1 amide bonds. The number of nitrogens with one attached hydrogen (secondary N) is 1. The zero-order valence-corrected chi connectivity index (χ0v) is 18.3. The van der Waals surface area contributed by atoms with E-state index in [4.69, 9.17) is 15.2 Å². The second kappa shape index (κ2) is 14.2. The molecule has 0 heterocycles. The van der Waals surface area contributed by atoms with Crippen molar-refractivity contribution >= 4 is 11.9 Å². The maximum Gasteiger partial charge on any atom is 0.328 e. The minimum Gasteiger partial charge on any atom is -0.494 e. The maximum absolute atomic E-state index is 12.4. The quantitative estimate of drug-likeness (QED) is 0.357. The summed E-state index contributed by atoms with van der Waals surface area (Å²) in [6, 6.07) is 16.7. The van der Waals surface area contributed by atoms with Gasteiger partial charge in [0.1, 0.15) is 11.8 Å². The molecule has 0 aliphatic heterocycles. The summed E-state index contributed by atoms with van der Waals surface area (Å²) in [4.78, 5) is 24.5. The number of hydrogen-bond donors (Lipinski definition) is 2. The van der Waals surface area contributed by atoms with Gasteiger partial charge in [0.15, 0.2) is 0 Å². The van der Waals surface area contributed by atoms with Crippen LogP contribution in [0.3, 0.4) is 0 Å². The number of aryl methyl sites for hydroxylation is 1. The Kier molecular flexibility index (Phi) is 11.2. The Morgan fingerprint density at radius 3 is 2.32 bits per heavy atom. The fraction of sp³-hybridized carbons (Fsp3) is 0.440. The van der Waals surface area contributed by atoms with Gasteiger partial charge in [-0.25, -0.2) is 4.79 Å². The molecule has 0 aliphatic carbocycles. The van der Waals surface area contributed by atoms with Gasteiger partial charge in [-0.05, 0) is 49.1 Å². The summed E-state index contributed by atoms with van der Waals surface area (Å²) in [5, 5.41) is 2.81. The van der Waals surface area contributed by atoms with Crippen LogP contribution in [0.5, 0.6) is 5.75 Å². The van der Waals surface area contributed by atoms with Gasteiger partial charge >= 0.3 is 5.97 Å². The number of ether oxygens (including phenoxy) is 2. The second-order valence-electron chi connectivity index (χ2n) is 7.53. The molecule has 3 N–H and O–H groups in total. The van der Waals surface area contributed by atoms with Crippen LogP contribution in [0.2, 0.25) is 0 Å². The molecule has 0 spiro atoms. The first kappa shape index (κ1) is 24.4. The van der Waals surface area contributed by atoms with Crippen LogP contribution in [0.4, 0.5) is 0 Å². The van der Waals surface area contributed by atoms with Crippen molar-refractivity contribution in [3.63, 3.8) is 0 Å². The number of amides is 1. The van der Waals surface area contributed by atoms with Crippen molar-refractivity contribution in [2.24, 2.45) is 5.73 Å². The topological polar surface area (TPSA) is 90.7 Å². The lowest BCUT2D eigenvalue weighted by molar-refractivity contribution is -0.145. The lowest BCUT2D eigenvalue weighted by Gasteiger charge is -2.17. The number of carbonyl (C=O) groups excluding carboxylic acids is 2. The minimum atomic E-state index is -0.720. The van der Waals surface area contributed by atoms with Crippen molar-refractivity contribution < 1.29 is 19.1 Å². The Balaban J connectivity index is 1.81. The summed E-state index contributed by atoms with van der Waals surface area (Å²) in [5.41, 5.74) is 7.50. The Morgan fingerprint density at radius 2 is 1.65 bits per heavy atom. The Labute approximate surface area is 185 Å². The van der Waals surface area contributed by atoms with Crippen LogP contribution < -0.4 is 15.8 Å². The smallest absolute Gasteiger partial charge is 0.328 e. The normalized spacial score (nSPS) is 11.5. The summed E-state index contributed by atoms with van der Waals surface area (Å²) < 4.78 is 10.6. The molecule has 6 heteroatoms. The SMILES string of the molecule is COC(=O)[C@H](Cc1ccc(OCCCCCCN)cc1)NC(=O)CCc1ccccc1. The van der Waals surface area contributed by atoms with E-state index in [-0.39, 0.29) is 5.91 Å². The maximum atomic E-state index is 12.4. The molecule has 0 saturated carbocycles. The van der Waals surface area contributed by atoms with Crippen LogP contribution in [0.25, 0.3) is 0 Å². The van der Waals surface area contributed by atoms with Gasteiger partial charge in [0.2, 0.25) is 5.91 Å². The molecular weight excluding hydrogens is 392 g/mol. The number of nitrogens with two attached hydrogens (primary N) is 1. The van der Waals surface area contributed by atoms with Crippen LogP contribution in [0, 0.1) is 0 Å². The number of benzene rings is 2. The number of esters is 1. The van der Waals surface area contributed by atoms with Gasteiger partial charge in [0, 0.05) is 12.8 Å². The standard InChI is InChI=1S/C25H34N2O4/c1-30-25(29)23(27-24(28)16-13-20-9-5-4-6-10-20)19-21-11-14-22(15-12-21)31-18-8-3-2-7-17-26/h4-6,9-12,14-15,23H,2-3,7-8,13,16-19,26H2,1H3,(H,27,28)/t23-/m0/s1. The molecule has 31 heavy (non-hydrogen) atoms. The van der Waals surface area contributed by atoms with Crippen molar-refractivity contribution in [1.82, 2.24) is 5.32 Å². The van der Waals surface area contributed by atoms with E-state index in [1.807, 2.05) is 54.6 Å². The molecule has 0 aromatic heterocycles. The fourth-order valence-corrected chi connectivity index (χ4v) is 3.25.